The Bertz CT molecular complexity index is 540. The molecule has 2 aliphatic heterocycles. The number of ether oxygens (including phenoxy) is 1. The summed E-state index contributed by atoms with van der Waals surface area (Å²) in [6.45, 7) is 2.02. The van der Waals surface area contributed by atoms with Crippen LogP contribution in [0.5, 0.6) is 0 Å². The van der Waals surface area contributed by atoms with Crippen LogP contribution < -0.4 is 0 Å². The van der Waals surface area contributed by atoms with Crippen molar-refractivity contribution in [2.75, 3.05) is 19.7 Å². The van der Waals surface area contributed by atoms with Crippen molar-refractivity contribution in [1.29, 1.82) is 0 Å². The number of benzene rings is 1. The number of amides is 1. The smallest absolute Gasteiger partial charge is 0.226 e. The van der Waals surface area contributed by atoms with Crippen molar-refractivity contribution in [3.63, 3.8) is 0 Å². The second-order valence-electron chi connectivity index (χ2n) is 6.37. The molecule has 1 unspecified atom stereocenters. The summed E-state index contributed by atoms with van der Waals surface area (Å²) < 4.78 is 5.92. The molecule has 0 saturated carbocycles. The van der Waals surface area contributed by atoms with Gasteiger partial charge in [-0.15, -0.1) is 0 Å². The first-order valence-corrected chi connectivity index (χ1v) is 8.28. The second-order valence-corrected chi connectivity index (χ2v) is 6.80. The minimum atomic E-state index is -0.262. The van der Waals surface area contributed by atoms with Crippen molar-refractivity contribution in [1.82, 2.24) is 4.90 Å². The first-order valence-electron chi connectivity index (χ1n) is 7.91. The molecule has 2 heterocycles. The average Bonchev–Trinajstić information content (AvgIpc) is 2.47. The Morgan fingerprint density at radius 1 is 1.41 bits per heavy atom. The number of hydrogen-bond donors (Lipinski definition) is 1. The molecule has 3 rings (SSSR count). The molecule has 0 bridgehead atoms. The van der Waals surface area contributed by atoms with E-state index in [2.05, 4.69) is 0 Å². The molecule has 1 N–H and O–H groups in total. The van der Waals surface area contributed by atoms with Gasteiger partial charge in [-0.1, -0.05) is 23.7 Å². The third-order valence-electron chi connectivity index (χ3n) is 4.74. The molecule has 2 saturated heterocycles. The lowest BCUT2D eigenvalue weighted by atomic mass is 9.83. The Labute approximate surface area is 136 Å². The highest BCUT2D eigenvalue weighted by Gasteiger charge is 2.40. The van der Waals surface area contributed by atoms with Gasteiger partial charge in [0, 0.05) is 31.1 Å². The van der Waals surface area contributed by atoms with Crippen molar-refractivity contribution in [3.05, 3.63) is 34.9 Å². The number of aliphatic hydroxyl groups excluding tert-OH is 1. The SMILES string of the molecule is O=C(Cc1cccc(Cl)c1)N1CCC2(CC1)CC(O)CCO2. The van der Waals surface area contributed by atoms with Gasteiger partial charge in [-0.05, 0) is 37.0 Å². The van der Waals surface area contributed by atoms with E-state index in [4.69, 9.17) is 16.3 Å². The Morgan fingerprint density at radius 3 is 2.86 bits per heavy atom. The van der Waals surface area contributed by atoms with E-state index in [-0.39, 0.29) is 17.6 Å². The van der Waals surface area contributed by atoms with Gasteiger partial charge in [0.1, 0.15) is 0 Å². The quantitative estimate of drug-likeness (QED) is 0.909. The fourth-order valence-electron chi connectivity index (χ4n) is 3.45. The maximum atomic E-state index is 12.4. The van der Waals surface area contributed by atoms with Gasteiger partial charge >= 0.3 is 0 Å². The lowest BCUT2D eigenvalue weighted by Gasteiger charge is -2.45. The molecule has 1 amide bonds. The van der Waals surface area contributed by atoms with Crippen LogP contribution in [0, 0.1) is 0 Å². The molecule has 2 aliphatic rings. The average molecular weight is 324 g/mol. The van der Waals surface area contributed by atoms with Gasteiger partial charge in [0.05, 0.1) is 18.1 Å². The monoisotopic (exact) mass is 323 g/mol. The Kier molecular flexibility index (Phi) is 4.71. The maximum Gasteiger partial charge on any atom is 0.226 e. The lowest BCUT2D eigenvalue weighted by molar-refractivity contribution is -0.153. The van der Waals surface area contributed by atoms with Gasteiger partial charge in [0.25, 0.3) is 0 Å². The van der Waals surface area contributed by atoms with E-state index in [9.17, 15) is 9.90 Å². The van der Waals surface area contributed by atoms with Gasteiger partial charge in [-0.2, -0.15) is 0 Å². The standard InChI is InChI=1S/C17H22ClNO3/c18-14-3-1-2-13(10-14)11-16(21)19-7-5-17(6-8-19)12-15(20)4-9-22-17/h1-3,10,15,20H,4-9,11-12H2. The number of aliphatic hydroxyl groups is 1. The zero-order valence-electron chi connectivity index (χ0n) is 12.6. The molecule has 0 aliphatic carbocycles. The van der Waals surface area contributed by atoms with Crippen molar-refractivity contribution in [3.8, 4) is 0 Å². The van der Waals surface area contributed by atoms with E-state index < -0.39 is 0 Å². The summed E-state index contributed by atoms with van der Waals surface area (Å²) in [6, 6.07) is 7.45. The molecule has 5 heteroatoms. The normalized spacial score (nSPS) is 24.5. The highest BCUT2D eigenvalue weighted by molar-refractivity contribution is 6.30. The summed E-state index contributed by atoms with van der Waals surface area (Å²) in [5, 5.41) is 10.5. The van der Waals surface area contributed by atoms with Crippen LogP contribution in [0.1, 0.15) is 31.2 Å². The third kappa shape index (κ3) is 3.62. The molecular formula is C17H22ClNO3. The zero-order chi connectivity index (χ0) is 15.6. The molecule has 0 aromatic heterocycles. The van der Waals surface area contributed by atoms with Crippen LogP contribution in [0.2, 0.25) is 5.02 Å². The summed E-state index contributed by atoms with van der Waals surface area (Å²) in [4.78, 5) is 14.3. The molecule has 2 fully saturated rings. The number of piperidine rings is 1. The number of carbonyl (C=O) groups is 1. The van der Waals surface area contributed by atoms with Crippen LogP contribution in [0.4, 0.5) is 0 Å². The number of nitrogens with zero attached hydrogens (tertiary/aromatic N) is 1. The molecule has 4 nitrogen and oxygen atoms in total. The maximum absolute atomic E-state index is 12.4. The first-order chi connectivity index (χ1) is 10.6. The lowest BCUT2D eigenvalue weighted by Crippen LogP contribution is -2.51. The summed E-state index contributed by atoms with van der Waals surface area (Å²) in [5.41, 5.74) is 0.729. The van der Waals surface area contributed by atoms with Crippen LogP contribution >= 0.6 is 11.6 Å². The Hall–Kier alpha value is -1.10. The largest absolute Gasteiger partial charge is 0.393 e. The van der Waals surface area contributed by atoms with Gasteiger partial charge < -0.3 is 14.7 Å². The first kappa shape index (κ1) is 15.8. The number of rotatable bonds is 2. The predicted molar refractivity (Wildman–Crippen MR) is 84.9 cm³/mol. The number of likely N-dealkylation sites (tertiary alicyclic amines) is 1. The highest BCUT2D eigenvalue weighted by Crippen LogP contribution is 2.35. The van der Waals surface area contributed by atoms with E-state index in [0.29, 0.717) is 37.6 Å². The van der Waals surface area contributed by atoms with Crippen molar-refractivity contribution in [2.24, 2.45) is 0 Å². The van der Waals surface area contributed by atoms with Crippen LogP contribution in [0.25, 0.3) is 0 Å². The van der Waals surface area contributed by atoms with Gasteiger partial charge in [0.2, 0.25) is 5.91 Å². The topological polar surface area (TPSA) is 49.8 Å². The molecule has 1 atom stereocenters. The minimum absolute atomic E-state index is 0.133. The number of halogens is 1. The second kappa shape index (κ2) is 6.57. The molecule has 1 aromatic rings. The Morgan fingerprint density at radius 2 is 2.18 bits per heavy atom. The highest BCUT2D eigenvalue weighted by atomic mass is 35.5. The van der Waals surface area contributed by atoms with Gasteiger partial charge in [-0.3, -0.25) is 4.79 Å². The molecule has 1 spiro atoms. The zero-order valence-corrected chi connectivity index (χ0v) is 13.4. The summed E-state index contributed by atoms with van der Waals surface area (Å²) in [7, 11) is 0. The fourth-order valence-corrected chi connectivity index (χ4v) is 3.66. The fraction of sp³-hybridized carbons (Fsp3) is 0.588. The minimum Gasteiger partial charge on any atom is -0.393 e. The van der Waals surface area contributed by atoms with E-state index in [1.807, 2.05) is 29.2 Å². The van der Waals surface area contributed by atoms with Crippen LogP contribution in [0.3, 0.4) is 0 Å². The third-order valence-corrected chi connectivity index (χ3v) is 4.97. The molecule has 120 valence electrons. The van der Waals surface area contributed by atoms with Crippen molar-refractivity contribution >= 4 is 17.5 Å². The molecule has 22 heavy (non-hydrogen) atoms. The molecule has 0 radical (unpaired) electrons. The summed E-state index contributed by atoms with van der Waals surface area (Å²) >= 11 is 5.96. The van der Waals surface area contributed by atoms with Gasteiger partial charge in [-0.25, -0.2) is 0 Å². The molecular weight excluding hydrogens is 302 g/mol. The Balaban J connectivity index is 1.55. The number of hydrogen-bond acceptors (Lipinski definition) is 3. The van der Waals surface area contributed by atoms with Crippen LogP contribution in [0.15, 0.2) is 24.3 Å². The predicted octanol–water partition coefficient (Wildman–Crippen LogP) is 2.42. The summed E-state index contributed by atoms with van der Waals surface area (Å²) in [5.74, 6) is 0.133. The van der Waals surface area contributed by atoms with E-state index in [0.717, 1.165) is 24.8 Å². The van der Waals surface area contributed by atoms with E-state index in [1.54, 1.807) is 0 Å². The molecule has 1 aromatic carbocycles. The van der Waals surface area contributed by atoms with Crippen molar-refractivity contribution in [2.45, 2.75) is 43.8 Å². The van der Waals surface area contributed by atoms with E-state index in [1.165, 1.54) is 0 Å². The number of carbonyl (C=O) groups excluding carboxylic acids is 1. The van der Waals surface area contributed by atoms with Crippen LogP contribution in [-0.2, 0) is 16.0 Å². The van der Waals surface area contributed by atoms with Gasteiger partial charge in [0.15, 0.2) is 0 Å². The summed E-state index contributed by atoms with van der Waals surface area (Å²) in [6.07, 6.45) is 3.17. The van der Waals surface area contributed by atoms with Crippen molar-refractivity contribution < 1.29 is 14.6 Å². The van der Waals surface area contributed by atoms with E-state index >= 15 is 0 Å². The van der Waals surface area contributed by atoms with Crippen LogP contribution in [-0.4, -0.2) is 47.3 Å².